The van der Waals surface area contributed by atoms with Crippen molar-refractivity contribution in [3.05, 3.63) is 66.0 Å². The number of methoxy groups -OCH3 is 1. The molecule has 0 fully saturated rings. The van der Waals surface area contributed by atoms with E-state index in [0.717, 1.165) is 22.9 Å². The van der Waals surface area contributed by atoms with Gasteiger partial charge in [-0.2, -0.15) is 0 Å². The maximum Gasteiger partial charge on any atom is 0.142 e. The van der Waals surface area contributed by atoms with Crippen molar-refractivity contribution in [1.29, 1.82) is 0 Å². The molecule has 0 saturated heterocycles. The molecular formula is C19H20N4O. The molecule has 0 aliphatic heterocycles. The molecule has 1 aromatic heterocycles. The Kier molecular flexibility index (Phi) is 4.61. The average Bonchev–Trinajstić information content (AvgIpc) is 2.58. The van der Waals surface area contributed by atoms with Crippen LogP contribution in [0.4, 0.5) is 23.0 Å². The standard InChI is InChI=1S/C19H20N4O/c1-13-8-9-15(14(2)10-13)22-18-11-19(21-12-20-18)23-16-6-4-5-7-17(16)24-3/h4-12H,1-3H3,(H2,20,21,22,23). The topological polar surface area (TPSA) is 59.1 Å². The fourth-order valence-electron chi connectivity index (χ4n) is 2.47. The SMILES string of the molecule is COc1ccccc1Nc1cc(Nc2ccc(C)cc2C)ncn1. The van der Waals surface area contributed by atoms with Crippen molar-refractivity contribution < 1.29 is 4.74 Å². The maximum absolute atomic E-state index is 5.35. The average molecular weight is 320 g/mol. The lowest BCUT2D eigenvalue weighted by Gasteiger charge is -2.12. The summed E-state index contributed by atoms with van der Waals surface area (Å²) >= 11 is 0. The number of hydrogen-bond acceptors (Lipinski definition) is 5. The molecule has 0 atom stereocenters. The van der Waals surface area contributed by atoms with Crippen LogP contribution in [0.5, 0.6) is 5.75 Å². The number of ether oxygens (including phenoxy) is 1. The molecule has 3 rings (SSSR count). The van der Waals surface area contributed by atoms with Gasteiger partial charge in [0.1, 0.15) is 23.7 Å². The van der Waals surface area contributed by atoms with Gasteiger partial charge in [0.05, 0.1) is 12.8 Å². The molecule has 5 nitrogen and oxygen atoms in total. The molecule has 1 heterocycles. The second-order valence-corrected chi connectivity index (χ2v) is 5.56. The number of aromatic nitrogens is 2. The Hall–Kier alpha value is -3.08. The van der Waals surface area contributed by atoms with E-state index in [9.17, 15) is 0 Å². The lowest BCUT2D eigenvalue weighted by molar-refractivity contribution is 0.417. The Bertz CT molecular complexity index is 848. The minimum Gasteiger partial charge on any atom is -0.495 e. The monoisotopic (exact) mass is 320 g/mol. The van der Waals surface area contributed by atoms with Crippen LogP contribution in [0.2, 0.25) is 0 Å². The summed E-state index contributed by atoms with van der Waals surface area (Å²) in [5.41, 5.74) is 4.30. The maximum atomic E-state index is 5.35. The van der Waals surface area contributed by atoms with E-state index in [1.54, 1.807) is 7.11 Å². The third kappa shape index (κ3) is 3.63. The van der Waals surface area contributed by atoms with Crippen LogP contribution in [0.25, 0.3) is 0 Å². The van der Waals surface area contributed by atoms with E-state index in [1.165, 1.54) is 17.5 Å². The number of anilines is 4. The molecule has 2 N–H and O–H groups in total. The minimum atomic E-state index is 0.696. The van der Waals surface area contributed by atoms with Crippen LogP contribution in [0.1, 0.15) is 11.1 Å². The van der Waals surface area contributed by atoms with Gasteiger partial charge in [-0.25, -0.2) is 9.97 Å². The van der Waals surface area contributed by atoms with Gasteiger partial charge in [0.25, 0.3) is 0 Å². The molecule has 5 heteroatoms. The van der Waals surface area contributed by atoms with Gasteiger partial charge >= 0.3 is 0 Å². The Morgan fingerprint density at radius 3 is 2.25 bits per heavy atom. The number of rotatable bonds is 5. The van der Waals surface area contributed by atoms with Gasteiger partial charge in [-0.1, -0.05) is 29.8 Å². The van der Waals surface area contributed by atoms with Gasteiger partial charge in [0, 0.05) is 11.8 Å². The van der Waals surface area contributed by atoms with Gasteiger partial charge in [-0.3, -0.25) is 0 Å². The summed E-state index contributed by atoms with van der Waals surface area (Å²) in [5.74, 6) is 2.19. The molecule has 0 saturated carbocycles. The second-order valence-electron chi connectivity index (χ2n) is 5.56. The number of hydrogen-bond donors (Lipinski definition) is 2. The Balaban J connectivity index is 1.81. The summed E-state index contributed by atoms with van der Waals surface area (Å²) in [6, 6.07) is 15.8. The van der Waals surface area contributed by atoms with Crippen molar-refractivity contribution in [1.82, 2.24) is 9.97 Å². The summed E-state index contributed by atoms with van der Waals surface area (Å²) in [4.78, 5) is 8.56. The summed E-state index contributed by atoms with van der Waals surface area (Å²) < 4.78 is 5.35. The minimum absolute atomic E-state index is 0.696. The molecule has 0 aliphatic rings. The van der Waals surface area contributed by atoms with Crippen molar-refractivity contribution in [2.24, 2.45) is 0 Å². The summed E-state index contributed by atoms with van der Waals surface area (Å²) in [7, 11) is 1.65. The van der Waals surface area contributed by atoms with E-state index >= 15 is 0 Å². The smallest absolute Gasteiger partial charge is 0.142 e. The molecule has 122 valence electrons. The van der Waals surface area contributed by atoms with Gasteiger partial charge in [-0.05, 0) is 37.6 Å². The third-order valence-electron chi connectivity index (χ3n) is 3.68. The summed E-state index contributed by atoms with van der Waals surface area (Å²) in [6.07, 6.45) is 1.53. The van der Waals surface area contributed by atoms with Crippen LogP contribution in [0.3, 0.4) is 0 Å². The first kappa shape index (κ1) is 15.8. The van der Waals surface area contributed by atoms with Crippen molar-refractivity contribution in [3.63, 3.8) is 0 Å². The molecule has 0 spiro atoms. The highest BCUT2D eigenvalue weighted by Gasteiger charge is 2.05. The van der Waals surface area contributed by atoms with Crippen molar-refractivity contribution in [2.45, 2.75) is 13.8 Å². The highest BCUT2D eigenvalue weighted by atomic mass is 16.5. The van der Waals surface area contributed by atoms with E-state index in [-0.39, 0.29) is 0 Å². The molecule has 0 aliphatic carbocycles. The summed E-state index contributed by atoms with van der Waals surface area (Å²) in [6.45, 7) is 4.15. The number of benzene rings is 2. The number of nitrogens with one attached hydrogen (secondary N) is 2. The number of aryl methyl sites for hydroxylation is 2. The van der Waals surface area contributed by atoms with E-state index < -0.39 is 0 Å². The van der Waals surface area contributed by atoms with E-state index in [4.69, 9.17) is 4.74 Å². The van der Waals surface area contributed by atoms with E-state index in [0.29, 0.717) is 5.82 Å². The Morgan fingerprint density at radius 2 is 1.54 bits per heavy atom. The first-order valence-electron chi connectivity index (χ1n) is 7.72. The zero-order chi connectivity index (χ0) is 16.9. The highest BCUT2D eigenvalue weighted by molar-refractivity contribution is 5.67. The Morgan fingerprint density at radius 1 is 0.833 bits per heavy atom. The van der Waals surface area contributed by atoms with Gasteiger partial charge in [0.2, 0.25) is 0 Å². The molecular weight excluding hydrogens is 300 g/mol. The lowest BCUT2D eigenvalue weighted by Crippen LogP contribution is -2.00. The number of nitrogens with zero attached hydrogens (tertiary/aromatic N) is 2. The van der Waals surface area contributed by atoms with Crippen LogP contribution >= 0.6 is 0 Å². The quantitative estimate of drug-likeness (QED) is 0.720. The number of para-hydroxylation sites is 2. The van der Waals surface area contributed by atoms with Crippen LogP contribution in [-0.4, -0.2) is 17.1 Å². The predicted octanol–water partition coefficient (Wildman–Crippen LogP) is 4.59. The molecule has 0 bridgehead atoms. The van der Waals surface area contributed by atoms with E-state index in [1.807, 2.05) is 30.3 Å². The summed E-state index contributed by atoms with van der Waals surface area (Å²) in [5, 5.41) is 6.59. The molecule has 0 unspecified atom stereocenters. The fraction of sp³-hybridized carbons (Fsp3) is 0.158. The fourth-order valence-corrected chi connectivity index (χ4v) is 2.47. The second kappa shape index (κ2) is 7.00. The molecule has 24 heavy (non-hydrogen) atoms. The highest BCUT2D eigenvalue weighted by Crippen LogP contribution is 2.27. The van der Waals surface area contributed by atoms with Crippen LogP contribution in [0.15, 0.2) is 54.9 Å². The normalized spacial score (nSPS) is 10.3. The predicted molar refractivity (Wildman–Crippen MR) is 97.5 cm³/mol. The van der Waals surface area contributed by atoms with Crippen molar-refractivity contribution in [3.8, 4) is 5.75 Å². The molecule has 0 radical (unpaired) electrons. The van der Waals surface area contributed by atoms with Crippen LogP contribution in [0, 0.1) is 13.8 Å². The first-order chi connectivity index (χ1) is 11.7. The van der Waals surface area contributed by atoms with Crippen molar-refractivity contribution in [2.75, 3.05) is 17.7 Å². The van der Waals surface area contributed by atoms with Crippen LogP contribution in [-0.2, 0) is 0 Å². The zero-order valence-corrected chi connectivity index (χ0v) is 14.0. The first-order valence-corrected chi connectivity index (χ1v) is 7.72. The van der Waals surface area contributed by atoms with Crippen LogP contribution < -0.4 is 15.4 Å². The van der Waals surface area contributed by atoms with Gasteiger partial charge in [-0.15, -0.1) is 0 Å². The lowest BCUT2D eigenvalue weighted by atomic mass is 10.1. The van der Waals surface area contributed by atoms with E-state index in [2.05, 4.69) is 52.6 Å². The third-order valence-corrected chi connectivity index (χ3v) is 3.68. The molecule has 0 amide bonds. The Labute approximate surface area is 141 Å². The zero-order valence-electron chi connectivity index (χ0n) is 14.0. The molecule has 2 aromatic carbocycles. The van der Waals surface area contributed by atoms with Gasteiger partial charge in [0.15, 0.2) is 0 Å². The van der Waals surface area contributed by atoms with Crippen molar-refractivity contribution >= 4 is 23.0 Å². The largest absolute Gasteiger partial charge is 0.495 e. The molecule has 3 aromatic rings. The van der Waals surface area contributed by atoms with Gasteiger partial charge < -0.3 is 15.4 Å².